The fourth-order valence-corrected chi connectivity index (χ4v) is 5.31. The monoisotopic (exact) mass is 519 g/mol. The van der Waals surface area contributed by atoms with Gasteiger partial charge < -0.3 is 10.2 Å². The van der Waals surface area contributed by atoms with Crippen molar-refractivity contribution in [2.24, 2.45) is 0 Å². The van der Waals surface area contributed by atoms with Crippen molar-refractivity contribution in [1.29, 1.82) is 0 Å². The van der Waals surface area contributed by atoms with Gasteiger partial charge in [-0.25, -0.2) is 8.42 Å². The maximum Gasteiger partial charge on any atom is 0.244 e. The fraction of sp³-hybridized carbons (Fsp3) is 0.462. The highest BCUT2D eigenvalue weighted by atomic mass is 35.5. The van der Waals surface area contributed by atoms with Crippen molar-refractivity contribution in [3.05, 3.63) is 64.2 Å². The molecule has 1 aliphatic rings. The van der Waals surface area contributed by atoms with Crippen molar-refractivity contribution in [1.82, 2.24) is 10.2 Å². The lowest BCUT2D eigenvalue weighted by Gasteiger charge is -2.32. The summed E-state index contributed by atoms with van der Waals surface area (Å²) in [6, 6.07) is 11.9. The molecule has 2 amide bonds. The SMILES string of the molecule is Cc1ccc(N(CC(=O)N(Cc2ccccc2C)[C@H](C)C(=O)NC2CCCC2)S(C)(=O)=O)cc1Cl. The highest BCUT2D eigenvalue weighted by Gasteiger charge is 2.31. The molecular formula is C26H34ClN3O4S. The largest absolute Gasteiger partial charge is 0.352 e. The lowest BCUT2D eigenvalue weighted by Crippen LogP contribution is -2.52. The van der Waals surface area contributed by atoms with Gasteiger partial charge in [0.2, 0.25) is 21.8 Å². The zero-order valence-electron chi connectivity index (χ0n) is 20.8. The molecular weight excluding hydrogens is 486 g/mol. The molecule has 9 heteroatoms. The van der Waals surface area contributed by atoms with Crippen LogP contribution in [0.25, 0.3) is 0 Å². The predicted octanol–water partition coefficient (Wildman–Crippen LogP) is 4.20. The van der Waals surface area contributed by atoms with Crippen LogP contribution in [-0.4, -0.2) is 50.0 Å². The molecule has 0 unspecified atom stereocenters. The molecule has 190 valence electrons. The number of amides is 2. The summed E-state index contributed by atoms with van der Waals surface area (Å²) < 4.78 is 26.4. The van der Waals surface area contributed by atoms with Crippen LogP contribution in [0.3, 0.4) is 0 Å². The number of hydrogen-bond donors (Lipinski definition) is 1. The minimum atomic E-state index is -3.80. The van der Waals surface area contributed by atoms with Crippen LogP contribution in [0.2, 0.25) is 5.02 Å². The van der Waals surface area contributed by atoms with Crippen LogP contribution in [-0.2, 0) is 26.2 Å². The van der Waals surface area contributed by atoms with Gasteiger partial charge in [0.05, 0.1) is 11.9 Å². The molecule has 35 heavy (non-hydrogen) atoms. The molecule has 0 aromatic heterocycles. The number of nitrogens with one attached hydrogen (secondary N) is 1. The molecule has 7 nitrogen and oxygen atoms in total. The smallest absolute Gasteiger partial charge is 0.244 e. The minimum Gasteiger partial charge on any atom is -0.352 e. The van der Waals surface area contributed by atoms with Gasteiger partial charge in [-0.1, -0.05) is 54.8 Å². The summed E-state index contributed by atoms with van der Waals surface area (Å²) in [4.78, 5) is 28.2. The van der Waals surface area contributed by atoms with Gasteiger partial charge in [-0.05, 0) is 62.4 Å². The Hall–Kier alpha value is -2.58. The number of anilines is 1. The lowest BCUT2D eigenvalue weighted by atomic mass is 10.1. The van der Waals surface area contributed by atoms with Crippen LogP contribution >= 0.6 is 11.6 Å². The van der Waals surface area contributed by atoms with Crippen LogP contribution in [0.4, 0.5) is 5.69 Å². The van der Waals surface area contributed by atoms with Crippen molar-refractivity contribution in [2.45, 2.75) is 65.1 Å². The first-order valence-electron chi connectivity index (χ1n) is 11.9. The van der Waals surface area contributed by atoms with Gasteiger partial charge >= 0.3 is 0 Å². The van der Waals surface area contributed by atoms with Gasteiger partial charge in [0.15, 0.2) is 0 Å². The van der Waals surface area contributed by atoms with E-state index < -0.39 is 28.5 Å². The number of carbonyl (C=O) groups excluding carboxylic acids is 2. The Balaban J connectivity index is 1.90. The van der Waals surface area contributed by atoms with E-state index >= 15 is 0 Å². The number of nitrogens with zero attached hydrogens (tertiary/aromatic N) is 2. The molecule has 0 spiro atoms. The summed E-state index contributed by atoms with van der Waals surface area (Å²) in [7, 11) is -3.80. The molecule has 0 saturated heterocycles. The topological polar surface area (TPSA) is 86.8 Å². The number of benzene rings is 2. The zero-order valence-corrected chi connectivity index (χ0v) is 22.3. The quantitative estimate of drug-likeness (QED) is 0.538. The second kappa shape index (κ2) is 11.4. The molecule has 0 bridgehead atoms. The van der Waals surface area contributed by atoms with Crippen molar-refractivity contribution < 1.29 is 18.0 Å². The van der Waals surface area contributed by atoms with E-state index in [0.29, 0.717) is 10.7 Å². The molecule has 0 heterocycles. The van der Waals surface area contributed by atoms with Crippen LogP contribution in [0.15, 0.2) is 42.5 Å². The van der Waals surface area contributed by atoms with Gasteiger partial charge in [0, 0.05) is 17.6 Å². The predicted molar refractivity (Wildman–Crippen MR) is 140 cm³/mol. The molecule has 0 radical (unpaired) electrons. The third kappa shape index (κ3) is 6.98. The van der Waals surface area contributed by atoms with Gasteiger partial charge in [0.1, 0.15) is 12.6 Å². The standard InChI is InChI=1S/C26H34ClN3O4S/c1-18-9-5-6-10-21(18)16-29(20(3)26(32)28-22-11-7-8-12-22)25(31)17-30(35(4,33)34)23-14-13-19(2)24(27)15-23/h5-6,9-10,13-15,20,22H,7-8,11-12,16-17H2,1-4H3,(H,28,32)/t20-/m1/s1. The highest BCUT2D eigenvalue weighted by molar-refractivity contribution is 7.92. The Morgan fingerprint density at radius 3 is 2.34 bits per heavy atom. The number of carbonyl (C=O) groups is 2. The normalized spacial score (nSPS) is 15.0. The van der Waals surface area contributed by atoms with Gasteiger partial charge in [-0.15, -0.1) is 0 Å². The fourth-order valence-electron chi connectivity index (χ4n) is 4.30. The average Bonchev–Trinajstić information content (AvgIpc) is 3.30. The Bertz CT molecular complexity index is 1180. The Morgan fingerprint density at radius 1 is 1.09 bits per heavy atom. The maximum atomic E-state index is 13.6. The third-order valence-electron chi connectivity index (χ3n) is 6.59. The van der Waals surface area contributed by atoms with Crippen molar-refractivity contribution >= 4 is 39.1 Å². The lowest BCUT2D eigenvalue weighted by molar-refractivity contribution is -0.139. The molecule has 0 aliphatic heterocycles. The van der Waals surface area contributed by atoms with Crippen LogP contribution in [0.5, 0.6) is 0 Å². The molecule has 3 rings (SSSR count). The van der Waals surface area contributed by atoms with Gasteiger partial charge in [-0.2, -0.15) is 0 Å². The zero-order chi connectivity index (χ0) is 25.8. The van der Waals surface area contributed by atoms with Gasteiger partial charge in [0.25, 0.3) is 0 Å². The van der Waals surface area contributed by atoms with E-state index in [9.17, 15) is 18.0 Å². The molecule has 1 atom stereocenters. The molecule has 2 aromatic carbocycles. The first-order valence-corrected chi connectivity index (χ1v) is 14.1. The second-order valence-electron chi connectivity index (χ2n) is 9.32. The molecule has 1 saturated carbocycles. The van der Waals surface area contributed by atoms with E-state index in [2.05, 4.69) is 5.32 Å². The van der Waals surface area contributed by atoms with Crippen LogP contribution in [0.1, 0.15) is 49.3 Å². The van der Waals surface area contributed by atoms with Crippen molar-refractivity contribution in [3.63, 3.8) is 0 Å². The number of rotatable bonds is 9. The highest BCUT2D eigenvalue weighted by Crippen LogP contribution is 2.26. The van der Waals surface area contributed by atoms with E-state index in [1.807, 2.05) is 38.1 Å². The Morgan fingerprint density at radius 2 is 1.74 bits per heavy atom. The van der Waals surface area contributed by atoms with Crippen LogP contribution in [0, 0.1) is 13.8 Å². The van der Waals surface area contributed by atoms with E-state index in [1.165, 1.54) is 11.0 Å². The summed E-state index contributed by atoms with van der Waals surface area (Å²) in [6.07, 6.45) is 5.07. The van der Waals surface area contributed by atoms with E-state index in [0.717, 1.165) is 52.9 Å². The number of aryl methyl sites for hydroxylation is 2. The number of hydrogen-bond acceptors (Lipinski definition) is 4. The van der Waals surface area contributed by atoms with Gasteiger partial charge in [-0.3, -0.25) is 13.9 Å². The Kier molecular flexibility index (Phi) is 8.83. The summed E-state index contributed by atoms with van der Waals surface area (Å²) in [6.45, 7) is 5.20. The van der Waals surface area contributed by atoms with Crippen molar-refractivity contribution in [3.8, 4) is 0 Å². The van der Waals surface area contributed by atoms with Crippen LogP contribution < -0.4 is 9.62 Å². The summed E-state index contributed by atoms with van der Waals surface area (Å²) >= 11 is 6.24. The minimum absolute atomic E-state index is 0.114. The summed E-state index contributed by atoms with van der Waals surface area (Å²) in [5, 5.41) is 3.47. The number of sulfonamides is 1. The maximum absolute atomic E-state index is 13.6. The van der Waals surface area contributed by atoms with E-state index in [4.69, 9.17) is 11.6 Å². The first-order chi connectivity index (χ1) is 16.5. The molecule has 1 N–H and O–H groups in total. The summed E-state index contributed by atoms with van der Waals surface area (Å²) in [5.74, 6) is -0.701. The molecule has 2 aromatic rings. The number of halogens is 1. The Labute approximate surface area is 213 Å². The third-order valence-corrected chi connectivity index (χ3v) is 8.14. The molecule has 1 fully saturated rings. The molecule has 1 aliphatic carbocycles. The average molecular weight is 520 g/mol. The second-order valence-corrected chi connectivity index (χ2v) is 11.6. The summed E-state index contributed by atoms with van der Waals surface area (Å²) in [5.41, 5.74) is 2.98. The van der Waals surface area contributed by atoms with E-state index in [1.54, 1.807) is 19.1 Å². The first kappa shape index (κ1) is 27.0. The van der Waals surface area contributed by atoms with Crippen molar-refractivity contribution in [2.75, 3.05) is 17.1 Å². The van der Waals surface area contributed by atoms with E-state index in [-0.39, 0.29) is 18.5 Å².